The Balaban J connectivity index is 2.02. The fourth-order valence-corrected chi connectivity index (χ4v) is 2.21. The number of aromatic nitrogens is 2. The SMILES string of the molecule is CCOC(=O)CSc1cc(NC)nc(C2CC2)n1. The standard InChI is InChI=1S/C12H17N3O2S/c1-3-17-11(16)7-18-10-6-9(13-2)14-12(15-10)8-4-5-8/h6,8H,3-5,7H2,1-2H3,(H,13,14,15). The molecule has 1 heterocycles. The molecule has 0 unspecified atom stereocenters. The van der Waals surface area contributed by atoms with Crippen molar-refractivity contribution in [2.24, 2.45) is 0 Å². The summed E-state index contributed by atoms with van der Waals surface area (Å²) in [5, 5.41) is 3.85. The van der Waals surface area contributed by atoms with Crippen LogP contribution in [0.25, 0.3) is 0 Å². The van der Waals surface area contributed by atoms with Crippen molar-refractivity contribution in [3.63, 3.8) is 0 Å². The third-order valence-corrected chi connectivity index (χ3v) is 3.45. The van der Waals surface area contributed by atoms with Gasteiger partial charge in [-0.3, -0.25) is 4.79 Å². The van der Waals surface area contributed by atoms with Crippen LogP contribution >= 0.6 is 11.8 Å². The fraction of sp³-hybridized carbons (Fsp3) is 0.583. The molecule has 0 spiro atoms. The van der Waals surface area contributed by atoms with Gasteiger partial charge in [0.05, 0.1) is 12.4 Å². The van der Waals surface area contributed by atoms with E-state index in [9.17, 15) is 4.79 Å². The molecule has 1 saturated carbocycles. The van der Waals surface area contributed by atoms with Gasteiger partial charge >= 0.3 is 5.97 Å². The highest BCUT2D eigenvalue weighted by molar-refractivity contribution is 7.99. The number of rotatable bonds is 6. The van der Waals surface area contributed by atoms with E-state index in [4.69, 9.17) is 4.74 Å². The quantitative estimate of drug-likeness (QED) is 0.483. The Bertz CT molecular complexity index is 435. The summed E-state index contributed by atoms with van der Waals surface area (Å²) in [6, 6.07) is 1.86. The molecule has 6 heteroatoms. The molecule has 0 atom stereocenters. The molecule has 18 heavy (non-hydrogen) atoms. The maximum atomic E-state index is 11.3. The van der Waals surface area contributed by atoms with Crippen LogP contribution in [0.4, 0.5) is 5.82 Å². The second-order valence-electron chi connectivity index (χ2n) is 4.07. The molecule has 0 saturated heterocycles. The Hall–Kier alpha value is -1.30. The van der Waals surface area contributed by atoms with E-state index >= 15 is 0 Å². The second kappa shape index (κ2) is 6.04. The van der Waals surface area contributed by atoms with Crippen LogP contribution in [0.1, 0.15) is 31.5 Å². The third-order valence-electron chi connectivity index (χ3n) is 2.56. The number of ether oxygens (including phenoxy) is 1. The Morgan fingerprint density at radius 1 is 1.56 bits per heavy atom. The largest absolute Gasteiger partial charge is 0.465 e. The van der Waals surface area contributed by atoms with E-state index in [2.05, 4.69) is 15.3 Å². The number of carbonyl (C=O) groups excluding carboxylic acids is 1. The molecule has 1 fully saturated rings. The summed E-state index contributed by atoms with van der Waals surface area (Å²) in [4.78, 5) is 20.2. The normalized spacial score (nSPS) is 14.3. The highest BCUT2D eigenvalue weighted by Crippen LogP contribution is 2.39. The molecule has 1 N–H and O–H groups in total. The first kappa shape index (κ1) is 13.1. The maximum absolute atomic E-state index is 11.3. The predicted molar refractivity (Wildman–Crippen MR) is 70.9 cm³/mol. The molecule has 5 nitrogen and oxygen atoms in total. The van der Waals surface area contributed by atoms with Gasteiger partial charge in [-0.25, -0.2) is 9.97 Å². The van der Waals surface area contributed by atoms with Gasteiger partial charge in [0.15, 0.2) is 0 Å². The first-order valence-electron chi connectivity index (χ1n) is 6.08. The van der Waals surface area contributed by atoms with Gasteiger partial charge in [-0.05, 0) is 19.8 Å². The van der Waals surface area contributed by atoms with Crippen molar-refractivity contribution in [1.82, 2.24) is 9.97 Å². The summed E-state index contributed by atoms with van der Waals surface area (Å²) in [6.45, 7) is 2.22. The molecule has 98 valence electrons. The highest BCUT2D eigenvalue weighted by atomic mass is 32.2. The summed E-state index contributed by atoms with van der Waals surface area (Å²) in [6.07, 6.45) is 2.32. The highest BCUT2D eigenvalue weighted by Gasteiger charge is 2.27. The Kier molecular flexibility index (Phi) is 4.41. The molecule has 1 aliphatic rings. The smallest absolute Gasteiger partial charge is 0.316 e. The van der Waals surface area contributed by atoms with Crippen LogP contribution in [0, 0.1) is 0 Å². The van der Waals surface area contributed by atoms with Gasteiger partial charge in [0, 0.05) is 19.0 Å². The lowest BCUT2D eigenvalue weighted by molar-refractivity contribution is -0.139. The molecule has 0 radical (unpaired) electrons. The van der Waals surface area contributed by atoms with Crippen LogP contribution in [-0.2, 0) is 9.53 Å². The zero-order valence-electron chi connectivity index (χ0n) is 10.6. The second-order valence-corrected chi connectivity index (χ2v) is 5.06. The molecule has 1 aromatic rings. The van der Waals surface area contributed by atoms with Crippen molar-refractivity contribution in [2.75, 3.05) is 24.7 Å². The minimum Gasteiger partial charge on any atom is -0.465 e. The summed E-state index contributed by atoms with van der Waals surface area (Å²) < 4.78 is 4.89. The fourth-order valence-electron chi connectivity index (χ4n) is 1.50. The Morgan fingerprint density at radius 2 is 2.33 bits per heavy atom. The van der Waals surface area contributed by atoms with Gasteiger partial charge in [-0.1, -0.05) is 11.8 Å². The number of nitrogens with zero attached hydrogens (tertiary/aromatic N) is 2. The molecule has 2 rings (SSSR count). The number of hydrogen-bond donors (Lipinski definition) is 1. The van der Waals surface area contributed by atoms with E-state index in [1.54, 1.807) is 6.92 Å². The third kappa shape index (κ3) is 3.60. The maximum Gasteiger partial charge on any atom is 0.316 e. The first-order valence-corrected chi connectivity index (χ1v) is 7.06. The molecule has 0 aliphatic heterocycles. The number of anilines is 1. The predicted octanol–water partition coefficient (Wildman–Crippen LogP) is 2.05. The molecule has 0 aromatic carbocycles. The van der Waals surface area contributed by atoms with Crippen molar-refractivity contribution in [1.29, 1.82) is 0 Å². The summed E-state index contributed by atoms with van der Waals surface area (Å²) >= 11 is 1.39. The van der Waals surface area contributed by atoms with E-state index < -0.39 is 0 Å². The van der Waals surface area contributed by atoms with Gasteiger partial charge < -0.3 is 10.1 Å². The van der Waals surface area contributed by atoms with E-state index in [0.29, 0.717) is 12.5 Å². The van der Waals surface area contributed by atoms with Gasteiger partial charge in [0.25, 0.3) is 0 Å². The zero-order chi connectivity index (χ0) is 13.0. The Labute approximate surface area is 111 Å². The minimum atomic E-state index is -0.208. The first-order chi connectivity index (χ1) is 8.72. The van der Waals surface area contributed by atoms with E-state index in [1.807, 2.05) is 13.1 Å². The number of carbonyl (C=O) groups is 1. The lowest BCUT2D eigenvalue weighted by Gasteiger charge is -2.06. The number of thioether (sulfide) groups is 1. The van der Waals surface area contributed by atoms with Crippen molar-refractivity contribution in [3.8, 4) is 0 Å². The van der Waals surface area contributed by atoms with Crippen LogP contribution in [-0.4, -0.2) is 35.3 Å². The summed E-state index contributed by atoms with van der Waals surface area (Å²) in [7, 11) is 1.83. The lowest BCUT2D eigenvalue weighted by atomic mass is 10.4. The number of nitrogens with one attached hydrogen (secondary N) is 1. The van der Waals surface area contributed by atoms with Crippen molar-refractivity contribution in [3.05, 3.63) is 11.9 Å². The van der Waals surface area contributed by atoms with Gasteiger partial charge in [-0.2, -0.15) is 0 Å². The minimum absolute atomic E-state index is 0.208. The van der Waals surface area contributed by atoms with Gasteiger partial charge in [0.2, 0.25) is 0 Å². The zero-order valence-corrected chi connectivity index (χ0v) is 11.4. The molecule has 0 amide bonds. The molecular weight excluding hydrogens is 250 g/mol. The van der Waals surface area contributed by atoms with Crippen LogP contribution in [0.15, 0.2) is 11.1 Å². The molecule has 1 aliphatic carbocycles. The monoisotopic (exact) mass is 267 g/mol. The average Bonchev–Trinajstić information content (AvgIpc) is 3.20. The summed E-state index contributed by atoms with van der Waals surface area (Å²) in [5.74, 6) is 2.27. The van der Waals surface area contributed by atoms with E-state index in [1.165, 1.54) is 11.8 Å². The van der Waals surface area contributed by atoms with E-state index in [0.717, 1.165) is 29.5 Å². The average molecular weight is 267 g/mol. The Morgan fingerprint density at radius 3 is 2.94 bits per heavy atom. The van der Waals surface area contributed by atoms with Gasteiger partial charge in [0.1, 0.15) is 16.7 Å². The van der Waals surface area contributed by atoms with Crippen molar-refractivity contribution < 1.29 is 9.53 Å². The van der Waals surface area contributed by atoms with Gasteiger partial charge in [-0.15, -0.1) is 0 Å². The topological polar surface area (TPSA) is 64.1 Å². The van der Waals surface area contributed by atoms with Crippen molar-refractivity contribution in [2.45, 2.75) is 30.7 Å². The van der Waals surface area contributed by atoms with Crippen molar-refractivity contribution >= 4 is 23.5 Å². The lowest BCUT2D eigenvalue weighted by Crippen LogP contribution is -2.07. The van der Waals surface area contributed by atoms with Crippen LogP contribution in [0.5, 0.6) is 0 Å². The number of esters is 1. The molecule has 1 aromatic heterocycles. The van der Waals surface area contributed by atoms with Crippen LogP contribution in [0.2, 0.25) is 0 Å². The number of hydrogen-bond acceptors (Lipinski definition) is 6. The van der Waals surface area contributed by atoms with Crippen LogP contribution in [0.3, 0.4) is 0 Å². The molecular formula is C12H17N3O2S. The van der Waals surface area contributed by atoms with E-state index in [-0.39, 0.29) is 11.7 Å². The summed E-state index contributed by atoms with van der Waals surface area (Å²) in [5.41, 5.74) is 0. The molecule has 0 bridgehead atoms. The van der Waals surface area contributed by atoms with Crippen LogP contribution < -0.4 is 5.32 Å².